The highest BCUT2D eigenvalue weighted by molar-refractivity contribution is 7.99. The third-order valence-electron chi connectivity index (χ3n) is 2.81. The Morgan fingerprint density at radius 2 is 2.24 bits per heavy atom. The lowest BCUT2D eigenvalue weighted by atomic mass is 10.2. The lowest BCUT2D eigenvalue weighted by Crippen LogP contribution is -2.40. The first kappa shape index (κ1) is 17.6. The van der Waals surface area contributed by atoms with Crippen molar-refractivity contribution in [3.8, 4) is 5.75 Å². The molecule has 0 atom stereocenters. The minimum Gasteiger partial charge on any atom is -0.490 e. The van der Waals surface area contributed by atoms with Crippen LogP contribution in [0.15, 0.2) is 29.5 Å². The average molecular weight is 310 g/mol. The molecule has 0 saturated carbocycles. The van der Waals surface area contributed by atoms with Gasteiger partial charge in [-0.2, -0.15) is 11.8 Å². The first-order chi connectivity index (χ1) is 10.1. The number of pyridine rings is 1. The molecule has 5 nitrogen and oxygen atoms in total. The predicted octanol–water partition coefficient (Wildman–Crippen LogP) is 2.16. The molecule has 21 heavy (non-hydrogen) atoms. The Bertz CT molecular complexity index is 423. The van der Waals surface area contributed by atoms with Crippen LogP contribution in [0.4, 0.5) is 0 Å². The van der Waals surface area contributed by atoms with Gasteiger partial charge in [-0.25, -0.2) is 0 Å². The van der Waals surface area contributed by atoms with Crippen molar-refractivity contribution in [2.75, 3.05) is 32.5 Å². The zero-order valence-electron chi connectivity index (χ0n) is 13.3. The van der Waals surface area contributed by atoms with E-state index in [1.807, 2.05) is 23.9 Å². The number of ether oxygens (including phenoxy) is 1. The van der Waals surface area contributed by atoms with Crippen LogP contribution in [0.2, 0.25) is 0 Å². The molecular weight excluding hydrogens is 284 g/mol. The molecule has 0 unspecified atom stereocenters. The van der Waals surface area contributed by atoms with Crippen LogP contribution >= 0.6 is 11.8 Å². The van der Waals surface area contributed by atoms with Gasteiger partial charge in [-0.05, 0) is 39.2 Å². The maximum Gasteiger partial charge on any atom is 0.191 e. The fourth-order valence-electron chi connectivity index (χ4n) is 1.45. The number of thioether (sulfide) groups is 1. The number of guanidine groups is 1. The maximum atomic E-state index is 5.59. The lowest BCUT2D eigenvalue weighted by molar-refractivity contribution is 0.320. The second-order valence-corrected chi connectivity index (χ2v) is 6.64. The smallest absolute Gasteiger partial charge is 0.191 e. The molecule has 0 aliphatic heterocycles. The van der Waals surface area contributed by atoms with Gasteiger partial charge in [0.15, 0.2) is 5.96 Å². The van der Waals surface area contributed by atoms with E-state index < -0.39 is 0 Å². The zero-order chi connectivity index (χ0) is 15.6. The largest absolute Gasteiger partial charge is 0.490 e. The van der Waals surface area contributed by atoms with Crippen LogP contribution in [0.5, 0.6) is 5.75 Å². The number of rotatable bonds is 8. The molecule has 1 aromatic rings. The Labute approximate surface area is 132 Å². The summed E-state index contributed by atoms with van der Waals surface area (Å²) in [7, 11) is 0. The Hall–Kier alpha value is -1.43. The van der Waals surface area contributed by atoms with Gasteiger partial charge in [-0.1, -0.05) is 0 Å². The molecule has 0 aliphatic rings. The number of nitrogens with zero attached hydrogens (tertiary/aromatic N) is 2. The molecule has 0 fully saturated rings. The highest BCUT2D eigenvalue weighted by atomic mass is 32.2. The van der Waals surface area contributed by atoms with Gasteiger partial charge >= 0.3 is 0 Å². The fourth-order valence-corrected chi connectivity index (χ4v) is 1.64. The summed E-state index contributed by atoms with van der Waals surface area (Å²) in [6.45, 7) is 9.32. The molecule has 0 bridgehead atoms. The average Bonchev–Trinajstić information content (AvgIpc) is 2.50. The van der Waals surface area contributed by atoms with Gasteiger partial charge in [0, 0.05) is 17.5 Å². The normalized spacial score (nSPS) is 12.1. The minimum absolute atomic E-state index is 0.147. The maximum absolute atomic E-state index is 5.59. The van der Waals surface area contributed by atoms with Crippen molar-refractivity contribution >= 4 is 17.7 Å². The first-order valence-corrected chi connectivity index (χ1v) is 8.40. The Morgan fingerprint density at radius 3 is 2.86 bits per heavy atom. The van der Waals surface area contributed by atoms with E-state index in [2.05, 4.69) is 47.6 Å². The molecule has 0 spiro atoms. The van der Waals surface area contributed by atoms with Crippen molar-refractivity contribution in [2.24, 2.45) is 4.99 Å². The topological polar surface area (TPSA) is 58.5 Å². The van der Waals surface area contributed by atoms with Gasteiger partial charge in [0.2, 0.25) is 0 Å². The minimum atomic E-state index is 0.147. The van der Waals surface area contributed by atoms with Gasteiger partial charge in [0.05, 0.1) is 19.3 Å². The van der Waals surface area contributed by atoms with E-state index in [9.17, 15) is 0 Å². The van der Waals surface area contributed by atoms with Gasteiger partial charge in [0.25, 0.3) is 0 Å². The summed E-state index contributed by atoms with van der Waals surface area (Å²) in [5.74, 6) is 1.61. The molecule has 0 saturated heterocycles. The summed E-state index contributed by atoms with van der Waals surface area (Å²) >= 11 is 1.82. The van der Waals surface area contributed by atoms with Crippen molar-refractivity contribution < 1.29 is 4.74 Å². The Morgan fingerprint density at radius 1 is 1.43 bits per heavy atom. The molecule has 0 radical (unpaired) electrons. The summed E-state index contributed by atoms with van der Waals surface area (Å²) in [6, 6.07) is 3.76. The second-order valence-electron chi connectivity index (χ2n) is 5.12. The van der Waals surface area contributed by atoms with Crippen molar-refractivity contribution in [3.05, 3.63) is 24.5 Å². The van der Waals surface area contributed by atoms with Gasteiger partial charge in [-0.3, -0.25) is 9.98 Å². The molecule has 1 rings (SSSR count). The Kier molecular flexibility index (Phi) is 7.97. The van der Waals surface area contributed by atoms with E-state index >= 15 is 0 Å². The fraction of sp³-hybridized carbons (Fsp3) is 0.600. The number of aromatic nitrogens is 1. The predicted molar refractivity (Wildman–Crippen MR) is 91.3 cm³/mol. The summed E-state index contributed by atoms with van der Waals surface area (Å²) in [4.78, 5) is 8.62. The quantitative estimate of drug-likeness (QED) is 0.438. The van der Waals surface area contributed by atoms with Crippen LogP contribution in [-0.2, 0) is 0 Å². The van der Waals surface area contributed by atoms with Crippen LogP contribution in [0.1, 0.15) is 20.8 Å². The SMILES string of the molecule is CCNC(=NCC(C)(C)SC)NCCOc1cccnc1. The van der Waals surface area contributed by atoms with Crippen molar-refractivity contribution in [3.63, 3.8) is 0 Å². The van der Waals surface area contributed by atoms with Crippen molar-refractivity contribution in [2.45, 2.75) is 25.5 Å². The summed E-state index contributed by atoms with van der Waals surface area (Å²) < 4.78 is 5.74. The molecular formula is C15H26N4OS. The van der Waals surface area contributed by atoms with Crippen molar-refractivity contribution in [1.29, 1.82) is 0 Å². The lowest BCUT2D eigenvalue weighted by Gasteiger charge is -2.20. The van der Waals surface area contributed by atoms with Gasteiger partial charge in [0.1, 0.15) is 12.4 Å². The third kappa shape index (κ3) is 7.80. The molecule has 1 aromatic heterocycles. The van der Waals surface area contributed by atoms with Crippen LogP contribution in [0.3, 0.4) is 0 Å². The molecule has 0 aliphatic carbocycles. The van der Waals surface area contributed by atoms with E-state index in [0.717, 1.165) is 24.8 Å². The van der Waals surface area contributed by atoms with Crippen molar-refractivity contribution in [1.82, 2.24) is 15.6 Å². The summed E-state index contributed by atoms with van der Waals surface area (Å²) in [5, 5.41) is 6.51. The second kappa shape index (κ2) is 9.50. The molecule has 6 heteroatoms. The van der Waals surface area contributed by atoms with Crippen LogP contribution in [0, 0.1) is 0 Å². The van der Waals surface area contributed by atoms with E-state index in [0.29, 0.717) is 13.2 Å². The van der Waals surface area contributed by atoms with Crippen LogP contribution in [0.25, 0.3) is 0 Å². The molecule has 0 aromatic carbocycles. The van der Waals surface area contributed by atoms with E-state index in [-0.39, 0.29) is 4.75 Å². The monoisotopic (exact) mass is 310 g/mol. The third-order valence-corrected chi connectivity index (χ3v) is 4.05. The molecule has 0 amide bonds. The van der Waals surface area contributed by atoms with Gasteiger partial charge in [-0.15, -0.1) is 0 Å². The number of hydrogen-bond donors (Lipinski definition) is 2. The standard InChI is InChI=1S/C15H26N4OS/c1-5-17-14(19-12-15(2,3)21-4)18-9-10-20-13-7-6-8-16-11-13/h6-8,11H,5,9-10,12H2,1-4H3,(H2,17,18,19). The number of nitrogens with one attached hydrogen (secondary N) is 2. The van der Waals surface area contributed by atoms with E-state index in [1.54, 1.807) is 12.4 Å². The molecule has 2 N–H and O–H groups in total. The van der Waals surface area contributed by atoms with E-state index in [1.165, 1.54) is 0 Å². The highest BCUT2D eigenvalue weighted by Crippen LogP contribution is 2.20. The van der Waals surface area contributed by atoms with Gasteiger partial charge < -0.3 is 15.4 Å². The number of hydrogen-bond acceptors (Lipinski definition) is 4. The van der Waals surface area contributed by atoms with E-state index in [4.69, 9.17) is 4.74 Å². The van der Waals surface area contributed by atoms with Crippen LogP contribution < -0.4 is 15.4 Å². The molecule has 118 valence electrons. The number of aliphatic imine (C=N–C) groups is 1. The molecule has 1 heterocycles. The first-order valence-electron chi connectivity index (χ1n) is 7.17. The summed E-state index contributed by atoms with van der Waals surface area (Å²) in [5.41, 5.74) is 0. The van der Waals surface area contributed by atoms with Crippen LogP contribution in [-0.4, -0.2) is 48.2 Å². The highest BCUT2D eigenvalue weighted by Gasteiger charge is 2.15. The Balaban J connectivity index is 2.35. The summed E-state index contributed by atoms with van der Waals surface area (Å²) in [6.07, 6.45) is 5.55. The zero-order valence-corrected chi connectivity index (χ0v) is 14.2.